The van der Waals surface area contributed by atoms with E-state index < -0.39 is 5.43 Å². The van der Waals surface area contributed by atoms with Gasteiger partial charge in [-0.3, -0.25) is 19.1 Å². The van der Waals surface area contributed by atoms with E-state index in [2.05, 4.69) is 34.1 Å². The van der Waals surface area contributed by atoms with Gasteiger partial charge in [0, 0.05) is 56.2 Å². The van der Waals surface area contributed by atoms with Gasteiger partial charge in [0.25, 0.3) is 0 Å². The smallest absolute Gasteiger partial charge is 0.249 e. The number of aromatic nitrogens is 4. The molecule has 0 bridgehead atoms. The molecule has 1 fully saturated rings. The monoisotopic (exact) mass is 541 g/mol. The number of fused-ring (bicyclic) bond motifs is 1. The number of nitrogens with two attached hydrogens (primary N) is 1. The number of piperazine rings is 1. The number of hydrogen-bond donors (Lipinski definition) is 1. The minimum absolute atomic E-state index is 0.362. The summed E-state index contributed by atoms with van der Waals surface area (Å²) in [5, 5.41) is 0. The van der Waals surface area contributed by atoms with Crippen molar-refractivity contribution >= 4 is 22.7 Å². The van der Waals surface area contributed by atoms with Crippen molar-refractivity contribution in [2.75, 3.05) is 36.8 Å². The van der Waals surface area contributed by atoms with Crippen molar-refractivity contribution in [3.63, 3.8) is 0 Å². The lowest BCUT2D eigenvalue weighted by atomic mass is 10.1. The third-order valence-electron chi connectivity index (χ3n) is 7.69. The molecule has 0 aliphatic carbocycles. The van der Waals surface area contributed by atoms with Crippen LogP contribution in [0.25, 0.3) is 39.5 Å². The fourth-order valence-corrected chi connectivity index (χ4v) is 5.45. The average molecular weight is 542 g/mol. The van der Waals surface area contributed by atoms with Crippen LogP contribution < -0.4 is 21.5 Å². The molecule has 0 radical (unpaired) electrons. The number of nitrogen functional groups attached to an aromatic ring is 1. The van der Waals surface area contributed by atoms with E-state index in [0.717, 1.165) is 66.4 Å². The van der Waals surface area contributed by atoms with Crippen LogP contribution in [0.3, 0.4) is 0 Å². The molecule has 1 aliphatic heterocycles. The van der Waals surface area contributed by atoms with Gasteiger partial charge in [-0.05, 0) is 42.0 Å². The maximum atomic E-state index is 11.8. The molecule has 9 heteroatoms. The second-order valence-corrected chi connectivity index (χ2v) is 10.3. The largest absolute Gasteiger partial charge is 0.383 e. The number of imidazole rings is 1. The van der Waals surface area contributed by atoms with E-state index in [1.54, 1.807) is 6.20 Å². The predicted molar refractivity (Wildman–Crippen MR) is 161 cm³/mol. The Kier molecular flexibility index (Phi) is 6.13. The van der Waals surface area contributed by atoms with Gasteiger partial charge in [-0.2, -0.15) is 0 Å². The lowest BCUT2D eigenvalue weighted by Crippen LogP contribution is -2.50. The highest BCUT2D eigenvalue weighted by Crippen LogP contribution is 2.32. The first-order valence-corrected chi connectivity index (χ1v) is 13.6. The Hall–Kier alpha value is -5.15. The zero-order valence-electron chi connectivity index (χ0n) is 22.3. The third kappa shape index (κ3) is 4.56. The highest BCUT2D eigenvalue weighted by Gasteiger charge is 2.23. The average Bonchev–Trinajstić information content (AvgIpc) is 3.40. The van der Waals surface area contributed by atoms with Gasteiger partial charge in [-0.25, -0.2) is 15.0 Å². The van der Waals surface area contributed by atoms with Gasteiger partial charge in [-0.1, -0.05) is 42.5 Å². The first-order valence-electron chi connectivity index (χ1n) is 13.6. The maximum absolute atomic E-state index is 11.8. The van der Waals surface area contributed by atoms with Gasteiger partial charge in [0.2, 0.25) is 10.9 Å². The second kappa shape index (κ2) is 10.1. The standard InChI is InChI=1S/C32H27N7O2/c33-30-24(7-4-14-34-30)31-36-26-13-12-25(22-5-2-1-3-6-22)35-32(26)39(31)23-10-8-21(9-11-23)20-37-15-17-38(18-16-37)27-19-28(40)29(27)41/h1-14,19H,15-18,20H2,(H2,33,34). The molecule has 0 atom stereocenters. The van der Waals surface area contributed by atoms with E-state index in [1.165, 1.54) is 11.6 Å². The van der Waals surface area contributed by atoms with Crippen LogP contribution in [-0.2, 0) is 6.54 Å². The molecule has 9 nitrogen and oxygen atoms in total. The first kappa shape index (κ1) is 24.9. The Balaban J connectivity index is 1.20. The van der Waals surface area contributed by atoms with Crippen molar-refractivity contribution < 1.29 is 0 Å². The van der Waals surface area contributed by atoms with Crippen molar-refractivity contribution in [3.8, 4) is 28.3 Å². The van der Waals surface area contributed by atoms with Gasteiger partial charge < -0.3 is 10.6 Å². The predicted octanol–water partition coefficient (Wildman–Crippen LogP) is 3.65. The summed E-state index contributed by atoms with van der Waals surface area (Å²) in [4.78, 5) is 41.7. The molecule has 1 saturated heterocycles. The Morgan fingerprint density at radius 1 is 0.805 bits per heavy atom. The number of hydrogen-bond acceptors (Lipinski definition) is 8. The van der Waals surface area contributed by atoms with Crippen LogP contribution in [0.5, 0.6) is 0 Å². The maximum Gasteiger partial charge on any atom is 0.249 e. The van der Waals surface area contributed by atoms with E-state index in [0.29, 0.717) is 17.3 Å². The summed E-state index contributed by atoms with van der Waals surface area (Å²) >= 11 is 0. The van der Waals surface area contributed by atoms with Crippen LogP contribution in [0.2, 0.25) is 0 Å². The second-order valence-electron chi connectivity index (χ2n) is 10.3. The Morgan fingerprint density at radius 2 is 1.59 bits per heavy atom. The molecule has 0 spiro atoms. The fraction of sp³-hybridized carbons (Fsp3) is 0.156. The summed E-state index contributed by atoms with van der Waals surface area (Å²) < 4.78 is 2.04. The summed E-state index contributed by atoms with van der Waals surface area (Å²) in [5.74, 6) is 1.09. The van der Waals surface area contributed by atoms with Gasteiger partial charge >= 0.3 is 0 Å². The number of nitrogens with zero attached hydrogens (tertiary/aromatic N) is 6. The van der Waals surface area contributed by atoms with E-state index in [4.69, 9.17) is 15.7 Å². The van der Waals surface area contributed by atoms with Crippen molar-refractivity contribution in [1.29, 1.82) is 0 Å². The molecule has 6 aromatic rings. The van der Waals surface area contributed by atoms with E-state index in [9.17, 15) is 9.59 Å². The van der Waals surface area contributed by atoms with Gasteiger partial charge in [0.15, 0.2) is 11.5 Å². The number of rotatable bonds is 6. The van der Waals surface area contributed by atoms with Crippen LogP contribution in [-0.4, -0.2) is 50.6 Å². The van der Waals surface area contributed by atoms with Crippen LogP contribution in [0, 0.1) is 0 Å². The molecule has 0 saturated carbocycles. The van der Waals surface area contributed by atoms with Gasteiger partial charge in [-0.15, -0.1) is 0 Å². The molecule has 1 aliphatic rings. The lowest BCUT2D eigenvalue weighted by molar-refractivity contribution is 0.249. The SMILES string of the molecule is Nc1ncccc1-c1nc2ccc(-c3ccccc3)nc2n1-c1ccc(CN2CCN(c3cc(=O)c3=O)CC2)cc1. The number of anilines is 2. The van der Waals surface area contributed by atoms with E-state index in [1.807, 2.05) is 64.1 Å². The Labute approximate surface area is 235 Å². The van der Waals surface area contributed by atoms with Crippen molar-refractivity contribution in [2.24, 2.45) is 0 Å². The highest BCUT2D eigenvalue weighted by atomic mass is 16.2. The summed E-state index contributed by atoms with van der Waals surface area (Å²) in [6.45, 7) is 3.90. The van der Waals surface area contributed by atoms with Crippen molar-refractivity contribution in [2.45, 2.75) is 6.54 Å². The minimum Gasteiger partial charge on any atom is -0.383 e. The highest BCUT2D eigenvalue weighted by molar-refractivity contribution is 5.84. The van der Waals surface area contributed by atoms with Crippen LogP contribution in [0.4, 0.5) is 11.5 Å². The number of benzene rings is 2. The molecule has 2 N–H and O–H groups in total. The zero-order valence-corrected chi connectivity index (χ0v) is 22.3. The third-order valence-corrected chi connectivity index (χ3v) is 7.69. The summed E-state index contributed by atoms with van der Waals surface area (Å²) in [6.07, 6.45) is 1.67. The summed E-state index contributed by atoms with van der Waals surface area (Å²) in [6, 6.07) is 27.7. The first-order chi connectivity index (χ1) is 20.0. The Bertz CT molecular complexity index is 1930. The molecule has 202 valence electrons. The van der Waals surface area contributed by atoms with Crippen molar-refractivity contribution in [3.05, 3.63) is 117 Å². The van der Waals surface area contributed by atoms with Crippen LogP contribution in [0.1, 0.15) is 5.56 Å². The Morgan fingerprint density at radius 3 is 2.29 bits per heavy atom. The summed E-state index contributed by atoms with van der Waals surface area (Å²) in [7, 11) is 0. The van der Waals surface area contributed by atoms with Crippen LogP contribution >= 0.6 is 0 Å². The van der Waals surface area contributed by atoms with E-state index >= 15 is 0 Å². The van der Waals surface area contributed by atoms with Gasteiger partial charge in [0.1, 0.15) is 11.3 Å². The topological polar surface area (TPSA) is 110 Å². The minimum atomic E-state index is -0.394. The normalized spacial score (nSPS) is 14.2. The van der Waals surface area contributed by atoms with Gasteiger partial charge in [0.05, 0.1) is 16.9 Å². The fourth-order valence-electron chi connectivity index (χ4n) is 5.45. The quantitative estimate of drug-likeness (QED) is 0.318. The van der Waals surface area contributed by atoms with Crippen molar-refractivity contribution in [1.82, 2.24) is 24.4 Å². The number of pyridine rings is 2. The molecule has 41 heavy (non-hydrogen) atoms. The molecular formula is C32H27N7O2. The molecule has 0 amide bonds. The van der Waals surface area contributed by atoms with E-state index in [-0.39, 0.29) is 5.43 Å². The lowest BCUT2D eigenvalue weighted by Gasteiger charge is -2.36. The molecule has 0 unspecified atom stereocenters. The molecule has 3 aromatic heterocycles. The van der Waals surface area contributed by atoms with Crippen LogP contribution in [0.15, 0.2) is 101 Å². The molecular weight excluding hydrogens is 514 g/mol. The molecule has 7 rings (SSSR count). The summed E-state index contributed by atoms with van der Waals surface area (Å²) in [5.41, 5.74) is 12.4. The zero-order chi connectivity index (χ0) is 27.9. The molecule has 4 heterocycles. The molecule has 3 aromatic carbocycles.